The zero-order valence-corrected chi connectivity index (χ0v) is 12.2. The minimum atomic E-state index is 0.291. The van der Waals surface area contributed by atoms with Gasteiger partial charge in [0.15, 0.2) is 0 Å². The maximum absolute atomic E-state index is 5.59. The van der Waals surface area contributed by atoms with Gasteiger partial charge in [-0.1, -0.05) is 18.2 Å². The van der Waals surface area contributed by atoms with Gasteiger partial charge in [-0.05, 0) is 56.2 Å². The molecule has 0 unspecified atom stereocenters. The molecule has 3 rings (SSSR count). The molecule has 1 aliphatic heterocycles. The Balaban J connectivity index is 1.85. The van der Waals surface area contributed by atoms with Crippen molar-refractivity contribution in [1.82, 2.24) is 5.32 Å². The van der Waals surface area contributed by atoms with Gasteiger partial charge in [0.1, 0.15) is 0 Å². The van der Waals surface area contributed by atoms with Crippen molar-refractivity contribution in [3.8, 4) is 0 Å². The van der Waals surface area contributed by atoms with E-state index in [1.807, 2.05) is 0 Å². The van der Waals surface area contributed by atoms with E-state index < -0.39 is 0 Å². The molecule has 2 heteroatoms. The summed E-state index contributed by atoms with van der Waals surface area (Å²) in [4.78, 5) is 0. The van der Waals surface area contributed by atoms with Crippen LogP contribution >= 0.6 is 0 Å². The molecule has 1 heterocycles. The van der Waals surface area contributed by atoms with Crippen molar-refractivity contribution < 1.29 is 4.74 Å². The number of ether oxygens (including phenoxy) is 1. The fourth-order valence-electron chi connectivity index (χ4n) is 3.03. The summed E-state index contributed by atoms with van der Waals surface area (Å²) >= 11 is 0. The molecule has 1 saturated heterocycles. The van der Waals surface area contributed by atoms with E-state index in [4.69, 9.17) is 4.74 Å². The van der Waals surface area contributed by atoms with Gasteiger partial charge < -0.3 is 10.1 Å². The van der Waals surface area contributed by atoms with Crippen LogP contribution < -0.4 is 5.32 Å². The zero-order valence-electron chi connectivity index (χ0n) is 12.2. The SMILES string of the molecule is Cc1ccc(C2(CNC3CC3)CCOCC2)cc1C. The first-order chi connectivity index (χ1) is 9.20. The number of aryl methyl sites for hydroxylation is 2. The molecule has 2 aliphatic rings. The lowest BCUT2D eigenvalue weighted by Gasteiger charge is -2.38. The molecule has 1 aromatic carbocycles. The van der Waals surface area contributed by atoms with Gasteiger partial charge in [0.05, 0.1) is 0 Å². The minimum Gasteiger partial charge on any atom is -0.381 e. The van der Waals surface area contributed by atoms with E-state index in [1.54, 1.807) is 0 Å². The summed E-state index contributed by atoms with van der Waals surface area (Å²) in [6.07, 6.45) is 5.02. The van der Waals surface area contributed by atoms with Crippen molar-refractivity contribution in [3.63, 3.8) is 0 Å². The van der Waals surface area contributed by atoms with Crippen molar-refractivity contribution in [3.05, 3.63) is 34.9 Å². The average molecular weight is 259 g/mol. The second-order valence-corrected chi connectivity index (χ2v) is 6.35. The number of rotatable bonds is 4. The van der Waals surface area contributed by atoms with Crippen LogP contribution in [-0.2, 0) is 10.2 Å². The number of nitrogens with one attached hydrogen (secondary N) is 1. The molecular formula is C17H25NO. The summed E-state index contributed by atoms with van der Waals surface area (Å²) in [7, 11) is 0. The summed E-state index contributed by atoms with van der Waals surface area (Å²) < 4.78 is 5.59. The van der Waals surface area contributed by atoms with Crippen LogP contribution in [-0.4, -0.2) is 25.8 Å². The highest BCUT2D eigenvalue weighted by Crippen LogP contribution is 2.36. The molecule has 19 heavy (non-hydrogen) atoms. The summed E-state index contributed by atoms with van der Waals surface area (Å²) in [5, 5.41) is 3.74. The number of benzene rings is 1. The molecule has 1 N–H and O–H groups in total. The molecule has 0 bridgehead atoms. The number of hydrogen-bond donors (Lipinski definition) is 1. The molecule has 1 aliphatic carbocycles. The van der Waals surface area contributed by atoms with Crippen molar-refractivity contribution in [1.29, 1.82) is 0 Å². The lowest BCUT2D eigenvalue weighted by Crippen LogP contribution is -2.43. The molecule has 1 aromatic rings. The van der Waals surface area contributed by atoms with E-state index >= 15 is 0 Å². The van der Waals surface area contributed by atoms with Crippen LogP contribution in [0.2, 0.25) is 0 Å². The van der Waals surface area contributed by atoms with Crippen molar-refractivity contribution in [2.75, 3.05) is 19.8 Å². The van der Waals surface area contributed by atoms with Crippen molar-refractivity contribution in [2.24, 2.45) is 0 Å². The fourth-order valence-corrected chi connectivity index (χ4v) is 3.03. The molecule has 104 valence electrons. The molecular weight excluding hydrogens is 234 g/mol. The van der Waals surface area contributed by atoms with Crippen LogP contribution in [0.25, 0.3) is 0 Å². The van der Waals surface area contributed by atoms with Gasteiger partial charge >= 0.3 is 0 Å². The van der Waals surface area contributed by atoms with E-state index in [0.29, 0.717) is 5.41 Å². The first kappa shape index (κ1) is 13.1. The Bertz CT molecular complexity index is 445. The van der Waals surface area contributed by atoms with E-state index in [1.165, 1.54) is 29.5 Å². The first-order valence-electron chi connectivity index (χ1n) is 7.58. The zero-order chi connectivity index (χ0) is 13.3. The van der Waals surface area contributed by atoms with Gasteiger partial charge in [-0.3, -0.25) is 0 Å². The van der Waals surface area contributed by atoms with Gasteiger partial charge in [-0.15, -0.1) is 0 Å². The van der Waals surface area contributed by atoms with Gasteiger partial charge in [-0.25, -0.2) is 0 Å². The fraction of sp³-hybridized carbons (Fsp3) is 0.647. The highest BCUT2D eigenvalue weighted by molar-refractivity contribution is 5.35. The maximum atomic E-state index is 5.59. The maximum Gasteiger partial charge on any atom is 0.0475 e. The standard InChI is InChI=1S/C17H25NO/c1-13-3-4-15(11-14(13)2)17(7-9-19-10-8-17)12-18-16-5-6-16/h3-4,11,16,18H,5-10,12H2,1-2H3. The minimum absolute atomic E-state index is 0.291. The highest BCUT2D eigenvalue weighted by atomic mass is 16.5. The van der Waals surface area contributed by atoms with Crippen molar-refractivity contribution >= 4 is 0 Å². The van der Waals surface area contributed by atoms with E-state index in [0.717, 1.165) is 38.6 Å². The van der Waals surface area contributed by atoms with E-state index in [9.17, 15) is 0 Å². The third kappa shape index (κ3) is 2.85. The topological polar surface area (TPSA) is 21.3 Å². The lowest BCUT2D eigenvalue weighted by atomic mass is 9.73. The summed E-state index contributed by atoms with van der Waals surface area (Å²) in [6, 6.07) is 7.79. The van der Waals surface area contributed by atoms with Crippen LogP contribution in [0.1, 0.15) is 42.4 Å². The molecule has 0 atom stereocenters. The molecule has 1 saturated carbocycles. The van der Waals surface area contributed by atoms with Gasteiger partial charge in [-0.2, -0.15) is 0 Å². The molecule has 2 fully saturated rings. The van der Waals surface area contributed by atoms with E-state index in [2.05, 4.69) is 37.4 Å². The smallest absolute Gasteiger partial charge is 0.0475 e. The van der Waals surface area contributed by atoms with Crippen molar-refractivity contribution in [2.45, 2.75) is 51.0 Å². The van der Waals surface area contributed by atoms with Crippen LogP contribution in [0.5, 0.6) is 0 Å². The van der Waals surface area contributed by atoms with Gasteiger partial charge in [0.25, 0.3) is 0 Å². The summed E-state index contributed by atoms with van der Waals surface area (Å²) in [6.45, 7) is 7.33. The predicted molar refractivity (Wildman–Crippen MR) is 78.7 cm³/mol. The Morgan fingerprint density at radius 1 is 1.16 bits per heavy atom. The molecule has 0 amide bonds. The largest absolute Gasteiger partial charge is 0.381 e. The normalized spacial score (nSPS) is 22.4. The Morgan fingerprint density at radius 2 is 1.89 bits per heavy atom. The monoisotopic (exact) mass is 259 g/mol. The Morgan fingerprint density at radius 3 is 2.53 bits per heavy atom. The van der Waals surface area contributed by atoms with Crippen LogP contribution in [0.4, 0.5) is 0 Å². The average Bonchev–Trinajstić information content (AvgIpc) is 3.25. The second kappa shape index (κ2) is 5.26. The first-order valence-corrected chi connectivity index (χ1v) is 7.58. The Kier molecular flexibility index (Phi) is 3.64. The molecule has 0 aromatic heterocycles. The van der Waals surface area contributed by atoms with Crippen LogP contribution in [0.3, 0.4) is 0 Å². The second-order valence-electron chi connectivity index (χ2n) is 6.35. The van der Waals surface area contributed by atoms with Gasteiger partial charge in [0.2, 0.25) is 0 Å². The lowest BCUT2D eigenvalue weighted by molar-refractivity contribution is 0.0497. The van der Waals surface area contributed by atoms with Crippen LogP contribution in [0, 0.1) is 13.8 Å². The third-order valence-corrected chi connectivity index (χ3v) is 4.88. The molecule has 0 radical (unpaired) electrons. The van der Waals surface area contributed by atoms with E-state index in [-0.39, 0.29) is 0 Å². The highest BCUT2D eigenvalue weighted by Gasteiger charge is 2.36. The summed E-state index contributed by atoms with van der Waals surface area (Å²) in [5.41, 5.74) is 4.60. The quantitative estimate of drug-likeness (QED) is 0.897. The number of hydrogen-bond acceptors (Lipinski definition) is 2. The Hall–Kier alpha value is -0.860. The predicted octanol–water partition coefficient (Wildman–Crippen LogP) is 3.10. The Labute approximate surface area is 116 Å². The molecule has 2 nitrogen and oxygen atoms in total. The van der Waals surface area contributed by atoms with Crippen LogP contribution in [0.15, 0.2) is 18.2 Å². The van der Waals surface area contributed by atoms with Gasteiger partial charge in [0, 0.05) is 31.2 Å². The third-order valence-electron chi connectivity index (χ3n) is 4.88. The molecule has 0 spiro atoms. The summed E-state index contributed by atoms with van der Waals surface area (Å²) in [5.74, 6) is 0.